The van der Waals surface area contributed by atoms with E-state index in [0.29, 0.717) is 5.82 Å². The van der Waals surface area contributed by atoms with E-state index in [0.717, 1.165) is 67.5 Å². The molecule has 1 unspecified atom stereocenters. The van der Waals surface area contributed by atoms with Crippen LogP contribution in [0.3, 0.4) is 0 Å². The Balaban J connectivity index is 1.10. The quantitative estimate of drug-likeness (QED) is 0.176. The van der Waals surface area contributed by atoms with Gasteiger partial charge in [0.05, 0.1) is 22.5 Å². The lowest BCUT2D eigenvalue weighted by Crippen LogP contribution is -2.32. The Hall–Kier alpha value is -7.43. The second-order valence-electron chi connectivity index (χ2n) is 15.3. The maximum atomic E-state index is 6.78. The smallest absolute Gasteiger partial charge is 0.160 e. The zero-order valence-corrected chi connectivity index (χ0v) is 32.1. The highest BCUT2D eigenvalue weighted by atomic mass is 16.5. The summed E-state index contributed by atoms with van der Waals surface area (Å²) in [5.41, 5.74) is 18.0. The van der Waals surface area contributed by atoms with Gasteiger partial charge in [-0.15, -0.1) is 0 Å². The van der Waals surface area contributed by atoms with Crippen molar-refractivity contribution in [2.24, 2.45) is 0 Å². The first-order valence-electron chi connectivity index (χ1n) is 19.8. The Morgan fingerprint density at radius 1 is 0.414 bits per heavy atom. The molecule has 7 aromatic carbocycles. The van der Waals surface area contributed by atoms with Gasteiger partial charge in [0.1, 0.15) is 11.5 Å². The molecule has 1 atom stereocenters. The van der Waals surface area contributed by atoms with E-state index in [4.69, 9.17) is 19.7 Å². The number of aromatic nitrogens is 3. The predicted molar refractivity (Wildman–Crippen MR) is 234 cm³/mol. The molecule has 1 spiro atoms. The minimum atomic E-state index is -0.636. The molecule has 0 saturated carbocycles. The number of hydrogen-bond donors (Lipinski definition) is 0. The first kappa shape index (κ1) is 33.9. The highest BCUT2D eigenvalue weighted by Crippen LogP contribution is 2.62. The Morgan fingerprint density at radius 3 is 1.72 bits per heavy atom. The van der Waals surface area contributed by atoms with Crippen molar-refractivity contribution in [3.63, 3.8) is 0 Å². The molecule has 274 valence electrons. The Bertz CT molecular complexity index is 2990. The molecule has 4 nitrogen and oxygen atoms in total. The molecular weight excluding hydrogens is 707 g/mol. The summed E-state index contributed by atoms with van der Waals surface area (Å²) >= 11 is 0. The van der Waals surface area contributed by atoms with Crippen LogP contribution in [0.25, 0.3) is 67.4 Å². The predicted octanol–water partition coefficient (Wildman–Crippen LogP) is 13.3. The Kier molecular flexibility index (Phi) is 7.80. The normalized spacial score (nSPS) is 14.6. The van der Waals surface area contributed by atoms with Gasteiger partial charge in [-0.25, -0.2) is 9.97 Å². The van der Waals surface area contributed by atoms with Crippen molar-refractivity contribution in [2.75, 3.05) is 0 Å². The average molecular weight is 744 g/mol. The molecule has 11 rings (SSSR count). The lowest BCUT2D eigenvalue weighted by atomic mass is 9.66. The molecule has 0 fully saturated rings. The number of benzene rings is 7. The van der Waals surface area contributed by atoms with E-state index in [1.54, 1.807) is 0 Å². The second-order valence-corrected chi connectivity index (χ2v) is 15.3. The van der Waals surface area contributed by atoms with Crippen LogP contribution in [0.1, 0.15) is 33.4 Å². The van der Waals surface area contributed by atoms with Gasteiger partial charge in [-0.1, -0.05) is 146 Å². The van der Waals surface area contributed by atoms with Gasteiger partial charge < -0.3 is 4.74 Å². The molecule has 2 aromatic heterocycles. The Morgan fingerprint density at radius 2 is 1.00 bits per heavy atom. The van der Waals surface area contributed by atoms with Crippen molar-refractivity contribution < 1.29 is 4.74 Å². The van der Waals surface area contributed by atoms with E-state index in [1.165, 1.54) is 38.9 Å². The number of rotatable bonds is 5. The third-order valence-corrected chi connectivity index (χ3v) is 11.8. The SMILES string of the molecule is Cc1cnc(-c2ccc(-c3ccc4c(c3)-c3ccccc3C43c4ccccc4Oc4ccc(-c5nc(-c6ccccc6)cc(-c6ccccc6)n5)cc43)cc2)c(C)c1. The fraction of sp³-hybridized carbons (Fsp3) is 0.0556. The fourth-order valence-corrected chi connectivity index (χ4v) is 9.15. The highest BCUT2D eigenvalue weighted by Gasteiger charge is 2.51. The van der Waals surface area contributed by atoms with Crippen LogP contribution in [0.5, 0.6) is 11.5 Å². The van der Waals surface area contributed by atoms with Crippen LogP contribution < -0.4 is 4.74 Å². The van der Waals surface area contributed by atoms with Gasteiger partial charge in [0.15, 0.2) is 5.82 Å². The summed E-state index contributed by atoms with van der Waals surface area (Å²) in [7, 11) is 0. The van der Waals surface area contributed by atoms with E-state index in [2.05, 4.69) is 184 Å². The lowest BCUT2D eigenvalue weighted by molar-refractivity contribution is 0.436. The van der Waals surface area contributed by atoms with Crippen molar-refractivity contribution in [1.82, 2.24) is 15.0 Å². The maximum absolute atomic E-state index is 6.78. The van der Waals surface area contributed by atoms with Gasteiger partial charge in [-0.2, -0.15) is 0 Å². The summed E-state index contributed by atoms with van der Waals surface area (Å²) in [6.07, 6.45) is 1.94. The monoisotopic (exact) mass is 743 g/mol. The van der Waals surface area contributed by atoms with Crippen molar-refractivity contribution in [1.29, 1.82) is 0 Å². The molecule has 9 aromatic rings. The van der Waals surface area contributed by atoms with E-state index in [9.17, 15) is 0 Å². The summed E-state index contributed by atoms with van der Waals surface area (Å²) < 4.78 is 6.78. The zero-order valence-electron chi connectivity index (χ0n) is 32.1. The molecule has 2 aliphatic rings. The molecule has 0 amide bonds. The maximum Gasteiger partial charge on any atom is 0.160 e. The number of hydrogen-bond acceptors (Lipinski definition) is 4. The van der Waals surface area contributed by atoms with E-state index in [-0.39, 0.29) is 0 Å². The number of ether oxygens (including phenoxy) is 1. The molecule has 58 heavy (non-hydrogen) atoms. The van der Waals surface area contributed by atoms with Gasteiger partial charge in [-0.05, 0) is 94.8 Å². The molecule has 1 aliphatic heterocycles. The molecule has 4 heteroatoms. The molecule has 0 radical (unpaired) electrons. The number of pyridine rings is 1. The summed E-state index contributed by atoms with van der Waals surface area (Å²) in [5, 5.41) is 0. The molecule has 0 N–H and O–H groups in total. The first-order chi connectivity index (χ1) is 28.5. The minimum Gasteiger partial charge on any atom is -0.457 e. The largest absolute Gasteiger partial charge is 0.457 e. The summed E-state index contributed by atoms with van der Waals surface area (Å²) in [5.74, 6) is 2.35. The molecule has 0 saturated heterocycles. The molecule has 3 heterocycles. The average Bonchev–Trinajstić information content (AvgIpc) is 3.57. The van der Waals surface area contributed by atoms with Crippen LogP contribution in [0.15, 0.2) is 188 Å². The van der Waals surface area contributed by atoms with Crippen LogP contribution in [0, 0.1) is 13.8 Å². The van der Waals surface area contributed by atoms with Gasteiger partial charge >= 0.3 is 0 Å². The van der Waals surface area contributed by atoms with Crippen LogP contribution in [-0.4, -0.2) is 15.0 Å². The standard InChI is InChI=1S/C54H37N3O/c1-34-29-35(2)52(55-33-34)39-23-21-36(22-24-39)40-25-27-45-43(30-40)42-17-9-10-18-44(42)54(45)46-19-11-12-20-50(46)58-51-28-26-41(31-47(51)54)53-56-48(37-13-5-3-6-14-37)32-49(57-53)38-15-7-4-8-16-38/h3-33H,1-2H3. The van der Waals surface area contributed by atoms with Gasteiger partial charge in [0, 0.05) is 39.6 Å². The fourth-order valence-electron chi connectivity index (χ4n) is 9.15. The molecule has 0 bridgehead atoms. The van der Waals surface area contributed by atoms with Crippen LogP contribution in [-0.2, 0) is 5.41 Å². The highest BCUT2D eigenvalue weighted by molar-refractivity contribution is 5.91. The van der Waals surface area contributed by atoms with E-state index in [1.807, 2.05) is 18.3 Å². The van der Waals surface area contributed by atoms with Crippen molar-refractivity contribution in [2.45, 2.75) is 19.3 Å². The number of para-hydroxylation sites is 1. The van der Waals surface area contributed by atoms with Crippen LogP contribution >= 0.6 is 0 Å². The Labute approximate surface area is 338 Å². The van der Waals surface area contributed by atoms with Crippen molar-refractivity contribution in [3.8, 4) is 78.9 Å². The summed E-state index contributed by atoms with van der Waals surface area (Å²) in [6.45, 7) is 4.21. The third-order valence-electron chi connectivity index (χ3n) is 11.8. The summed E-state index contributed by atoms with van der Waals surface area (Å²) in [4.78, 5) is 15.2. The zero-order chi connectivity index (χ0) is 38.8. The summed E-state index contributed by atoms with van der Waals surface area (Å²) in [6, 6.07) is 64.6. The second kappa shape index (κ2) is 13.4. The number of fused-ring (bicyclic) bond motifs is 9. The van der Waals surface area contributed by atoms with Crippen LogP contribution in [0.4, 0.5) is 0 Å². The molecular formula is C54H37N3O. The molecule has 1 aliphatic carbocycles. The lowest BCUT2D eigenvalue weighted by Gasteiger charge is -2.39. The van der Waals surface area contributed by atoms with E-state index < -0.39 is 5.41 Å². The number of aryl methyl sites for hydroxylation is 2. The first-order valence-corrected chi connectivity index (χ1v) is 19.8. The van der Waals surface area contributed by atoms with Gasteiger partial charge in [-0.3, -0.25) is 4.98 Å². The van der Waals surface area contributed by atoms with Crippen molar-refractivity contribution in [3.05, 3.63) is 222 Å². The van der Waals surface area contributed by atoms with Gasteiger partial charge in [0.25, 0.3) is 0 Å². The number of nitrogens with zero attached hydrogens (tertiary/aromatic N) is 3. The van der Waals surface area contributed by atoms with Gasteiger partial charge in [0.2, 0.25) is 0 Å². The topological polar surface area (TPSA) is 47.9 Å². The third kappa shape index (κ3) is 5.33. The van der Waals surface area contributed by atoms with Crippen LogP contribution in [0.2, 0.25) is 0 Å². The van der Waals surface area contributed by atoms with Crippen molar-refractivity contribution >= 4 is 0 Å². The van der Waals surface area contributed by atoms with E-state index >= 15 is 0 Å². The minimum absolute atomic E-state index is 0.636.